The molecule has 2 aliphatic rings. The third-order valence-electron chi connectivity index (χ3n) is 5.80. The van der Waals surface area contributed by atoms with Gasteiger partial charge in [-0.15, -0.1) is 0 Å². The van der Waals surface area contributed by atoms with E-state index < -0.39 is 34.4 Å². The van der Waals surface area contributed by atoms with Gasteiger partial charge in [-0.05, 0) is 23.1 Å². The third kappa shape index (κ3) is 4.08. The lowest BCUT2D eigenvalue weighted by atomic mass is 9.72. The molecule has 1 amide bonds. The monoisotopic (exact) mass is 459 g/mol. The molecule has 0 bridgehead atoms. The second-order valence-electron chi connectivity index (χ2n) is 8.82. The van der Waals surface area contributed by atoms with Crippen molar-refractivity contribution in [3.8, 4) is 0 Å². The number of nitrogens with zero attached hydrogens (tertiary/aromatic N) is 2. The Kier molecular flexibility index (Phi) is 5.26. The smallest absolute Gasteiger partial charge is 0.357 e. The molecule has 1 aliphatic carbocycles. The minimum absolute atomic E-state index is 0.0379. The molecule has 2 unspecified atom stereocenters. The van der Waals surface area contributed by atoms with Crippen molar-refractivity contribution < 1.29 is 27.7 Å². The summed E-state index contributed by atoms with van der Waals surface area (Å²) in [6.07, 6.45) is -3.34. The second kappa shape index (κ2) is 7.72. The first-order valence-corrected chi connectivity index (χ1v) is 10.2. The summed E-state index contributed by atoms with van der Waals surface area (Å²) in [7, 11) is 0. The van der Waals surface area contributed by atoms with E-state index in [0.717, 1.165) is 12.1 Å². The molecule has 0 radical (unpaired) electrons. The number of carbonyl (C=O) groups is 2. The van der Waals surface area contributed by atoms with Crippen LogP contribution in [0.15, 0.2) is 60.3 Å². The molecule has 0 saturated heterocycles. The Morgan fingerprint density at radius 3 is 2.39 bits per heavy atom. The molecule has 0 aromatic heterocycles. The van der Waals surface area contributed by atoms with Crippen LogP contribution >= 0.6 is 0 Å². The van der Waals surface area contributed by atoms with Gasteiger partial charge in [-0.3, -0.25) is 24.6 Å². The van der Waals surface area contributed by atoms with Gasteiger partial charge in [0.15, 0.2) is 0 Å². The van der Waals surface area contributed by atoms with Crippen molar-refractivity contribution in [1.29, 1.82) is 0 Å². The maximum Gasteiger partial charge on any atom is 0.471 e. The molecular weight excluding hydrogens is 439 g/mol. The second-order valence-corrected chi connectivity index (χ2v) is 8.82. The third-order valence-corrected chi connectivity index (χ3v) is 5.80. The van der Waals surface area contributed by atoms with Crippen molar-refractivity contribution in [3.05, 3.63) is 76.0 Å². The highest BCUT2D eigenvalue weighted by Crippen LogP contribution is 2.49. The first-order chi connectivity index (χ1) is 15.4. The van der Waals surface area contributed by atoms with E-state index in [1.165, 1.54) is 30.3 Å². The van der Waals surface area contributed by atoms with Gasteiger partial charge in [0.05, 0.1) is 28.3 Å². The lowest BCUT2D eigenvalue weighted by molar-refractivity contribution is -0.384. The van der Waals surface area contributed by atoms with Crippen molar-refractivity contribution in [1.82, 2.24) is 0 Å². The summed E-state index contributed by atoms with van der Waals surface area (Å²) in [6, 6.07) is 9.54. The number of hydrogen-bond acceptors (Lipinski definition) is 5. The van der Waals surface area contributed by atoms with E-state index in [1.54, 1.807) is 12.1 Å². The van der Waals surface area contributed by atoms with Crippen LogP contribution in [0.2, 0.25) is 0 Å². The lowest BCUT2D eigenvalue weighted by Gasteiger charge is -2.39. The zero-order valence-corrected chi connectivity index (χ0v) is 17.7. The Morgan fingerprint density at radius 1 is 1.15 bits per heavy atom. The molecule has 0 fully saturated rings. The van der Waals surface area contributed by atoms with Gasteiger partial charge in [0, 0.05) is 24.3 Å². The Labute approximate surface area is 187 Å². The van der Waals surface area contributed by atoms with Gasteiger partial charge in [-0.25, -0.2) is 0 Å². The topological polar surface area (TPSA) is 92.6 Å². The number of amides is 1. The average Bonchev–Trinajstić information content (AvgIpc) is 2.85. The van der Waals surface area contributed by atoms with Gasteiger partial charge in [0.2, 0.25) is 0 Å². The number of anilines is 2. The molecule has 2 atom stereocenters. The summed E-state index contributed by atoms with van der Waals surface area (Å²) >= 11 is 0. The number of Topliss-reactive ketones (excluding diaryl/α,β-unsaturated/α-hetero) is 1. The van der Waals surface area contributed by atoms with E-state index in [2.05, 4.69) is 5.32 Å². The Balaban J connectivity index is 2.00. The largest absolute Gasteiger partial charge is 0.471 e. The minimum atomic E-state index is -5.21. The first-order valence-electron chi connectivity index (χ1n) is 10.2. The summed E-state index contributed by atoms with van der Waals surface area (Å²) in [5, 5.41) is 14.2. The van der Waals surface area contributed by atoms with Crippen molar-refractivity contribution in [2.24, 2.45) is 11.3 Å². The summed E-state index contributed by atoms with van der Waals surface area (Å²) in [6.45, 7) is 3.68. The molecule has 2 aromatic carbocycles. The Bertz CT molecular complexity index is 1170. The maximum atomic E-state index is 13.8. The minimum Gasteiger partial charge on any atom is -0.357 e. The molecule has 172 valence electrons. The number of rotatable bonds is 2. The number of benzene rings is 2. The first kappa shape index (κ1) is 22.5. The molecule has 2 aromatic rings. The Hall–Kier alpha value is -3.69. The van der Waals surface area contributed by atoms with E-state index in [0.29, 0.717) is 10.6 Å². The summed E-state index contributed by atoms with van der Waals surface area (Å²) in [5.41, 5.74) is -0.0179. The van der Waals surface area contributed by atoms with Gasteiger partial charge in [-0.2, -0.15) is 13.2 Å². The zero-order chi connectivity index (χ0) is 24.1. The molecule has 1 heterocycles. The molecule has 1 aliphatic heterocycles. The van der Waals surface area contributed by atoms with Crippen LogP contribution < -0.4 is 10.2 Å². The van der Waals surface area contributed by atoms with Crippen molar-refractivity contribution >= 4 is 28.8 Å². The number of fused-ring (bicyclic) bond motifs is 2. The normalized spacial score (nSPS) is 21.8. The number of nitro benzene ring substituents is 1. The van der Waals surface area contributed by atoms with E-state index in [-0.39, 0.29) is 34.8 Å². The van der Waals surface area contributed by atoms with E-state index in [1.807, 2.05) is 13.8 Å². The van der Waals surface area contributed by atoms with Gasteiger partial charge < -0.3 is 5.32 Å². The molecule has 0 saturated carbocycles. The van der Waals surface area contributed by atoms with Crippen LogP contribution in [0.3, 0.4) is 0 Å². The zero-order valence-electron chi connectivity index (χ0n) is 17.7. The Morgan fingerprint density at radius 2 is 1.79 bits per heavy atom. The molecule has 33 heavy (non-hydrogen) atoms. The predicted octanol–water partition coefficient (Wildman–Crippen LogP) is 5.16. The van der Waals surface area contributed by atoms with Crippen LogP contribution in [0.5, 0.6) is 0 Å². The predicted molar refractivity (Wildman–Crippen MR) is 114 cm³/mol. The molecule has 10 heteroatoms. The van der Waals surface area contributed by atoms with Gasteiger partial charge in [0.1, 0.15) is 5.78 Å². The van der Waals surface area contributed by atoms with Crippen molar-refractivity contribution in [2.75, 3.05) is 10.2 Å². The van der Waals surface area contributed by atoms with Gasteiger partial charge in [0.25, 0.3) is 5.69 Å². The van der Waals surface area contributed by atoms with Crippen LogP contribution in [0.25, 0.3) is 0 Å². The van der Waals surface area contributed by atoms with Crippen LogP contribution in [0.4, 0.5) is 30.2 Å². The van der Waals surface area contributed by atoms with Crippen molar-refractivity contribution in [3.63, 3.8) is 0 Å². The summed E-state index contributed by atoms with van der Waals surface area (Å²) in [4.78, 5) is 37.1. The van der Waals surface area contributed by atoms with E-state index >= 15 is 0 Å². The summed E-state index contributed by atoms with van der Waals surface area (Å²) in [5.74, 6) is -3.57. The van der Waals surface area contributed by atoms with E-state index in [4.69, 9.17) is 0 Å². The highest BCUT2D eigenvalue weighted by molar-refractivity contribution is 6.03. The molecular formula is C23H20F3N3O4. The average molecular weight is 459 g/mol. The van der Waals surface area contributed by atoms with Gasteiger partial charge in [-0.1, -0.05) is 44.2 Å². The maximum absolute atomic E-state index is 13.8. The number of nitrogens with one attached hydrogen (secondary N) is 1. The number of alkyl halides is 3. The summed E-state index contributed by atoms with van der Waals surface area (Å²) < 4.78 is 41.3. The number of halogens is 3. The molecule has 0 spiro atoms. The van der Waals surface area contributed by atoms with Crippen molar-refractivity contribution in [2.45, 2.75) is 32.5 Å². The molecule has 7 nitrogen and oxygen atoms in total. The lowest BCUT2D eigenvalue weighted by Crippen LogP contribution is -2.48. The number of hydrogen-bond donors (Lipinski definition) is 1. The number of allylic oxidation sites excluding steroid dienone is 1. The van der Waals surface area contributed by atoms with Crippen LogP contribution in [0, 0.1) is 21.4 Å². The standard InChI is InChI=1S/C23H20F3N3O4/c1-22(2)11-16-19(18(30)12-22)20(13-7-9-14(10-8-13)29(32)33)28(21(31)23(24,25)26)17-6-4-3-5-15(17)27-16/h3-11,19-20,27H,12H2,1-2H3. The number of carbonyl (C=O) groups excluding carboxylic acids is 2. The van der Waals surface area contributed by atoms with Gasteiger partial charge >= 0.3 is 12.1 Å². The SMILES string of the molecule is CC1(C)C=C2Nc3ccccc3N(C(=O)C(F)(F)F)C(c3ccc([N+](=O)[O-])cc3)C2C(=O)C1. The fraction of sp³-hybridized carbons (Fsp3) is 0.304. The quantitative estimate of drug-likeness (QED) is 0.495. The number of nitro groups is 1. The molecule has 1 N–H and O–H groups in total. The fourth-order valence-corrected chi connectivity index (χ4v) is 4.51. The highest BCUT2D eigenvalue weighted by atomic mass is 19.4. The molecule has 4 rings (SSSR count). The fourth-order valence-electron chi connectivity index (χ4n) is 4.51. The number of ketones is 1. The number of para-hydroxylation sites is 2. The highest BCUT2D eigenvalue weighted by Gasteiger charge is 2.52. The van der Waals surface area contributed by atoms with Crippen LogP contribution in [-0.4, -0.2) is 22.8 Å². The van der Waals surface area contributed by atoms with E-state index in [9.17, 15) is 32.9 Å². The van der Waals surface area contributed by atoms with Crippen LogP contribution in [0.1, 0.15) is 31.9 Å². The number of non-ortho nitro benzene ring substituents is 1. The van der Waals surface area contributed by atoms with Crippen LogP contribution in [-0.2, 0) is 9.59 Å².